The van der Waals surface area contributed by atoms with Crippen LogP contribution in [0.2, 0.25) is 0 Å². The largest absolute Gasteiger partial charge is 1.00 e. The highest BCUT2D eigenvalue weighted by Gasteiger charge is 2.25. The van der Waals surface area contributed by atoms with Crippen molar-refractivity contribution in [1.82, 2.24) is 4.90 Å². The molecule has 0 aromatic heterocycles. The zero-order valence-electron chi connectivity index (χ0n) is 11.6. The van der Waals surface area contributed by atoms with Gasteiger partial charge in [-0.1, -0.05) is 6.07 Å². The van der Waals surface area contributed by atoms with E-state index in [4.69, 9.17) is 4.74 Å². The fourth-order valence-electron chi connectivity index (χ4n) is 2.40. The fraction of sp³-hybridized carbons (Fsp3) is 0.500. The second kappa shape index (κ2) is 6.78. The molecule has 0 saturated heterocycles. The van der Waals surface area contributed by atoms with E-state index >= 15 is 0 Å². The average molecular weight is 285 g/mol. The number of aryl methyl sites for hydroxylation is 1. The van der Waals surface area contributed by atoms with Gasteiger partial charge in [0.15, 0.2) is 0 Å². The van der Waals surface area contributed by atoms with Gasteiger partial charge in [0, 0.05) is 26.1 Å². The summed E-state index contributed by atoms with van der Waals surface area (Å²) < 4.78 is 5.30. The van der Waals surface area contributed by atoms with Gasteiger partial charge in [0.1, 0.15) is 11.8 Å². The highest BCUT2D eigenvalue weighted by Crippen LogP contribution is 2.31. The van der Waals surface area contributed by atoms with Crippen molar-refractivity contribution >= 4 is 6.09 Å². The van der Waals surface area contributed by atoms with Crippen molar-refractivity contribution in [2.75, 3.05) is 20.6 Å². The molecule has 1 aromatic carbocycles. The first-order valence-electron chi connectivity index (χ1n) is 6.47. The maximum Gasteiger partial charge on any atom is 0.414 e. The molecule has 0 spiro atoms. The number of nitrogens with zero attached hydrogens (tertiary/aromatic N) is 1. The maximum absolute atomic E-state index is 11.5. The molecule has 0 radical (unpaired) electrons. The number of hydrogen-bond acceptors (Lipinski definition) is 2. The highest BCUT2D eigenvalue weighted by atomic mass is 35.5. The lowest BCUT2D eigenvalue weighted by atomic mass is 10.1. The molecule has 0 heterocycles. The molecule has 1 aromatic rings. The van der Waals surface area contributed by atoms with Gasteiger partial charge in [-0.05, 0) is 31.0 Å². The van der Waals surface area contributed by atoms with Crippen LogP contribution in [0.3, 0.4) is 0 Å². The first-order valence-corrected chi connectivity index (χ1v) is 6.47. The Hall–Kier alpha value is -1.26. The molecule has 1 atom stereocenters. The zero-order valence-corrected chi connectivity index (χ0v) is 12.4. The van der Waals surface area contributed by atoms with Crippen LogP contribution >= 0.6 is 0 Å². The predicted octanol–water partition coefficient (Wildman–Crippen LogP) is -1.68. The molecule has 2 rings (SSSR count). The fourth-order valence-corrected chi connectivity index (χ4v) is 2.40. The van der Waals surface area contributed by atoms with Crippen LogP contribution in [0.15, 0.2) is 18.2 Å². The number of carbonyl (C=O) groups is 1. The monoisotopic (exact) mass is 284 g/mol. The van der Waals surface area contributed by atoms with Crippen LogP contribution in [-0.4, -0.2) is 31.6 Å². The normalized spacial score (nSPS) is 16.5. The van der Waals surface area contributed by atoms with E-state index < -0.39 is 0 Å². The minimum absolute atomic E-state index is 0. The molecule has 1 amide bonds. The van der Waals surface area contributed by atoms with Crippen molar-refractivity contribution in [3.8, 4) is 5.75 Å². The van der Waals surface area contributed by atoms with Crippen LogP contribution in [0.4, 0.5) is 4.79 Å². The Morgan fingerprint density at radius 3 is 2.84 bits per heavy atom. The average Bonchev–Trinajstić information content (AvgIpc) is 2.72. The van der Waals surface area contributed by atoms with E-state index in [9.17, 15) is 4.79 Å². The smallest absolute Gasteiger partial charge is 0.414 e. The van der Waals surface area contributed by atoms with E-state index in [1.807, 2.05) is 12.1 Å². The highest BCUT2D eigenvalue weighted by molar-refractivity contribution is 5.70. The molecule has 1 aliphatic carbocycles. The van der Waals surface area contributed by atoms with Crippen LogP contribution < -0.4 is 22.5 Å². The molecule has 0 fully saturated rings. The summed E-state index contributed by atoms with van der Waals surface area (Å²) in [5, 5.41) is 2.34. The number of hydrogen-bond donors (Lipinski definition) is 1. The minimum atomic E-state index is -0.330. The predicted molar refractivity (Wildman–Crippen MR) is 69.7 cm³/mol. The Bertz CT molecular complexity index is 447. The third-order valence-corrected chi connectivity index (χ3v) is 3.33. The van der Waals surface area contributed by atoms with Crippen molar-refractivity contribution in [3.63, 3.8) is 0 Å². The van der Waals surface area contributed by atoms with E-state index in [-0.39, 0.29) is 18.5 Å². The van der Waals surface area contributed by atoms with Crippen LogP contribution in [0, 0.1) is 0 Å². The van der Waals surface area contributed by atoms with E-state index in [0.29, 0.717) is 11.8 Å². The number of benzene rings is 1. The van der Waals surface area contributed by atoms with Gasteiger partial charge in [-0.2, -0.15) is 0 Å². The maximum atomic E-state index is 11.5. The lowest BCUT2D eigenvalue weighted by molar-refractivity contribution is -0.692. The molecule has 1 aliphatic rings. The van der Waals surface area contributed by atoms with Crippen molar-refractivity contribution in [2.45, 2.75) is 25.8 Å². The number of nitrogens with two attached hydrogens (primary N) is 1. The van der Waals surface area contributed by atoms with Gasteiger partial charge in [-0.3, -0.25) is 0 Å². The summed E-state index contributed by atoms with van der Waals surface area (Å²) >= 11 is 0. The van der Waals surface area contributed by atoms with Crippen molar-refractivity contribution in [3.05, 3.63) is 29.3 Å². The molecular weight excluding hydrogens is 264 g/mol. The summed E-state index contributed by atoms with van der Waals surface area (Å²) in [5.74, 6) is 0.642. The number of rotatable bonds is 3. The van der Waals surface area contributed by atoms with E-state index in [1.54, 1.807) is 14.1 Å². The molecule has 0 aliphatic heterocycles. The molecule has 1 unspecified atom stereocenters. The summed E-state index contributed by atoms with van der Waals surface area (Å²) in [5.41, 5.74) is 2.70. The second-order valence-electron chi connectivity index (χ2n) is 4.91. The Morgan fingerprint density at radius 2 is 2.21 bits per heavy atom. The van der Waals surface area contributed by atoms with Gasteiger partial charge in [0.05, 0.1) is 6.54 Å². The standard InChI is InChI=1S/C14H20N2O2.ClH/c1-4-15-13-8-6-10-5-7-11(9-12(10)13)18-14(17)16(2)3;/h5,7,9,13,15H,4,6,8H2,1-3H3;1H. The Labute approximate surface area is 120 Å². The zero-order chi connectivity index (χ0) is 13.1. The minimum Gasteiger partial charge on any atom is -1.00 e. The van der Waals surface area contributed by atoms with Gasteiger partial charge in [-0.25, -0.2) is 4.79 Å². The van der Waals surface area contributed by atoms with Crippen molar-refractivity contribution < 1.29 is 27.3 Å². The van der Waals surface area contributed by atoms with E-state index in [1.165, 1.54) is 22.4 Å². The van der Waals surface area contributed by atoms with Crippen LogP contribution in [0.1, 0.15) is 30.5 Å². The third-order valence-electron chi connectivity index (χ3n) is 3.33. The van der Waals surface area contributed by atoms with Gasteiger partial charge in [-0.15, -0.1) is 0 Å². The van der Waals surface area contributed by atoms with E-state index in [0.717, 1.165) is 13.0 Å². The first-order chi connectivity index (χ1) is 8.61. The second-order valence-corrected chi connectivity index (χ2v) is 4.91. The topological polar surface area (TPSA) is 46.1 Å². The molecule has 0 saturated carbocycles. The van der Waals surface area contributed by atoms with Crippen molar-refractivity contribution in [1.29, 1.82) is 0 Å². The van der Waals surface area contributed by atoms with Gasteiger partial charge in [0.2, 0.25) is 0 Å². The van der Waals surface area contributed by atoms with E-state index in [2.05, 4.69) is 18.3 Å². The Balaban J connectivity index is 0.00000180. The van der Waals surface area contributed by atoms with Crippen LogP contribution in [-0.2, 0) is 6.42 Å². The SMILES string of the molecule is CC[NH2+]C1CCc2ccc(OC(=O)N(C)C)cc21.[Cl-]. The van der Waals surface area contributed by atoms with Crippen molar-refractivity contribution in [2.24, 2.45) is 0 Å². The number of halogens is 1. The summed E-state index contributed by atoms with van der Waals surface area (Å²) in [7, 11) is 3.37. The van der Waals surface area contributed by atoms with Gasteiger partial charge in [0.25, 0.3) is 0 Å². The van der Waals surface area contributed by atoms with Crippen LogP contribution in [0.5, 0.6) is 5.75 Å². The number of ether oxygens (including phenoxy) is 1. The summed E-state index contributed by atoms with van der Waals surface area (Å²) in [6, 6.07) is 6.50. The summed E-state index contributed by atoms with van der Waals surface area (Å²) in [4.78, 5) is 12.9. The Morgan fingerprint density at radius 1 is 1.47 bits per heavy atom. The molecule has 2 N–H and O–H groups in total. The van der Waals surface area contributed by atoms with Crippen LogP contribution in [0.25, 0.3) is 0 Å². The number of amides is 1. The number of fused-ring (bicyclic) bond motifs is 1. The molecule has 106 valence electrons. The lowest BCUT2D eigenvalue weighted by Crippen LogP contribution is -3.00. The van der Waals surface area contributed by atoms with Gasteiger partial charge < -0.3 is 27.4 Å². The molecular formula is C14H21ClN2O2. The molecule has 4 nitrogen and oxygen atoms in total. The number of quaternary nitrogens is 1. The first kappa shape index (κ1) is 15.8. The summed E-state index contributed by atoms with van der Waals surface area (Å²) in [6.45, 7) is 3.24. The summed E-state index contributed by atoms with van der Waals surface area (Å²) in [6.07, 6.45) is 1.97. The molecule has 5 heteroatoms. The quantitative estimate of drug-likeness (QED) is 0.721. The lowest BCUT2D eigenvalue weighted by Gasteiger charge is -2.13. The molecule has 19 heavy (non-hydrogen) atoms. The van der Waals surface area contributed by atoms with Gasteiger partial charge >= 0.3 is 6.09 Å². The Kier molecular flexibility index (Phi) is 5.63. The third kappa shape index (κ3) is 3.61. The molecule has 0 bridgehead atoms. The number of carbonyl (C=O) groups excluding carboxylic acids is 1.